The van der Waals surface area contributed by atoms with E-state index in [4.69, 9.17) is 9.47 Å². The second kappa shape index (κ2) is 3.96. The van der Waals surface area contributed by atoms with E-state index in [0.717, 1.165) is 16.6 Å². The molecule has 2 aliphatic heterocycles. The Morgan fingerprint density at radius 2 is 2.37 bits per heavy atom. The van der Waals surface area contributed by atoms with Crippen LogP contribution in [0.4, 0.5) is 10.5 Å². The number of fused-ring (bicyclic) bond motifs is 2. The number of halogens is 1. The molecule has 100 valence electrons. The Morgan fingerprint density at radius 3 is 3.16 bits per heavy atom. The van der Waals surface area contributed by atoms with Crippen molar-refractivity contribution in [3.8, 4) is 0 Å². The van der Waals surface area contributed by atoms with Gasteiger partial charge in [0.25, 0.3) is 0 Å². The molecule has 5 heteroatoms. The first kappa shape index (κ1) is 11.7. The van der Waals surface area contributed by atoms with Gasteiger partial charge in [-0.3, -0.25) is 4.90 Å². The molecule has 2 heterocycles. The minimum Gasteiger partial charge on any atom is -0.449 e. The first-order valence-electron chi connectivity index (χ1n) is 6.62. The summed E-state index contributed by atoms with van der Waals surface area (Å²) >= 11 is 3.61. The fraction of sp³-hybridized carbons (Fsp3) is 0.500. The van der Waals surface area contributed by atoms with Crippen LogP contribution < -0.4 is 4.90 Å². The minimum atomic E-state index is -0.240. The predicted octanol–water partition coefficient (Wildman–Crippen LogP) is 3.35. The van der Waals surface area contributed by atoms with Gasteiger partial charge in [0.2, 0.25) is 0 Å². The quantitative estimate of drug-likeness (QED) is 0.744. The maximum absolute atomic E-state index is 12.0. The van der Waals surface area contributed by atoms with Crippen LogP contribution in [0.3, 0.4) is 0 Å². The van der Waals surface area contributed by atoms with E-state index in [-0.39, 0.29) is 12.2 Å². The highest BCUT2D eigenvalue weighted by atomic mass is 79.9. The third kappa shape index (κ3) is 1.58. The molecule has 1 saturated heterocycles. The van der Waals surface area contributed by atoms with Gasteiger partial charge in [0.1, 0.15) is 6.10 Å². The lowest BCUT2D eigenvalue weighted by Crippen LogP contribution is -2.30. The van der Waals surface area contributed by atoms with Crippen molar-refractivity contribution in [3.05, 3.63) is 27.7 Å². The van der Waals surface area contributed by atoms with Gasteiger partial charge in [0.05, 0.1) is 18.4 Å². The van der Waals surface area contributed by atoms with E-state index in [1.165, 1.54) is 11.1 Å². The van der Waals surface area contributed by atoms with E-state index in [2.05, 4.69) is 15.9 Å². The summed E-state index contributed by atoms with van der Waals surface area (Å²) < 4.78 is 12.0. The molecule has 1 fully saturated rings. The van der Waals surface area contributed by atoms with Crippen molar-refractivity contribution in [2.45, 2.75) is 31.5 Å². The van der Waals surface area contributed by atoms with E-state index in [0.29, 0.717) is 25.2 Å². The molecule has 1 amide bonds. The van der Waals surface area contributed by atoms with E-state index >= 15 is 0 Å². The molecule has 1 aromatic carbocycles. The average molecular weight is 324 g/mol. The van der Waals surface area contributed by atoms with Gasteiger partial charge >= 0.3 is 6.09 Å². The number of hydrogen-bond acceptors (Lipinski definition) is 3. The van der Waals surface area contributed by atoms with Crippen LogP contribution in [0.15, 0.2) is 16.6 Å². The van der Waals surface area contributed by atoms with Gasteiger partial charge in [-0.1, -0.05) is 15.9 Å². The van der Waals surface area contributed by atoms with Crippen LogP contribution >= 0.6 is 15.9 Å². The van der Waals surface area contributed by atoms with E-state index < -0.39 is 0 Å². The largest absolute Gasteiger partial charge is 0.449 e. The monoisotopic (exact) mass is 323 g/mol. The van der Waals surface area contributed by atoms with E-state index in [9.17, 15) is 4.79 Å². The van der Waals surface area contributed by atoms with Gasteiger partial charge in [0.15, 0.2) is 0 Å². The van der Waals surface area contributed by atoms with Crippen molar-refractivity contribution in [2.24, 2.45) is 0 Å². The SMILES string of the molecule is CCOC(=O)N1CC2CC3OC3c3c(Br)ccc1c32. The zero-order chi connectivity index (χ0) is 13.1. The number of amides is 1. The van der Waals surface area contributed by atoms with Crippen LogP contribution in [0.25, 0.3) is 0 Å². The summed E-state index contributed by atoms with van der Waals surface area (Å²) in [6.07, 6.45) is 1.33. The summed E-state index contributed by atoms with van der Waals surface area (Å²) in [5.74, 6) is 0.385. The van der Waals surface area contributed by atoms with Gasteiger partial charge in [-0.2, -0.15) is 0 Å². The molecule has 4 nitrogen and oxygen atoms in total. The molecule has 0 saturated carbocycles. The summed E-state index contributed by atoms with van der Waals surface area (Å²) in [7, 11) is 0. The number of anilines is 1. The van der Waals surface area contributed by atoms with E-state index in [1.807, 2.05) is 19.1 Å². The maximum atomic E-state index is 12.0. The van der Waals surface area contributed by atoms with Crippen molar-refractivity contribution in [2.75, 3.05) is 18.1 Å². The Labute approximate surface area is 119 Å². The summed E-state index contributed by atoms with van der Waals surface area (Å²) in [5, 5.41) is 0. The Kier molecular flexibility index (Phi) is 2.45. The van der Waals surface area contributed by atoms with Gasteiger partial charge in [-0.25, -0.2) is 4.79 Å². The standard InChI is InChI=1S/C14H14BrNO3/c1-2-18-14(17)16-6-7-5-10-13(19-10)12-8(15)3-4-9(16)11(7)12/h3-4,7,10,13H,2,5-6H2,1H3. The average Bonchev–Trinajstić information content (AvgIpc) is 3.06. The van der Waals surface area contributed by atoms with E-state index in [1.54, 1.807) is 4.90 Å². The van der Waals surface area contributed by atoms with Gasteiger partial charge in [-0.15, -0.1) is 0 Å². The summed E-state index contributed by atoms with van der Waals surface area (Å²) in [5.41, 5.74) is 3.52. The smallest absolute Gasteiger partial charge is 0.414 e. The van der Waals surface area contributed by atoms with Crippen LogP contribution in [0, 0.1) is 0 Å². The highest BCUT2D eigenvalue weighted by molar-refractivity contribution is 9.10. The fourth-order valence-electron chi connectivity index (χ4n) is 3.39. The third-order valence-corrected chi connectivity index (χ3v) is 4.88. The number of benzene rings is 1. The lowest BCUT2D eigenvalue weighted by Gasteiger charge is -2.18. The number of hydrogen-bond donors (Lipinski definition) is 0. The lowest BCUT2D eigenvalue weighted by molar-refractivity contribution is 0.160. The van der Waals surface area contributed by atoms with Crippen LogP contribution in [0.2, 0.25) is 0 Å². The van der Waals surface area contributed by atoms with Crippen LogP contribution in [0.5, 0.6) is 0 Å². The normalized spacial score (nSPS) is 29.8. The van der Waals surface area contributed by atoms with Crippen LogP contribution in [-0.2, 0) is 9.47 Å². The molecule has 3 atom stereocenters. The molecule has 3 unspecified atom stereocenters. The molecule has 3 aliphatic rings. The number of rotatable bonds is 1. The molecule has 0 spiro atoms. The molecule has 0 N–H and O–H groups in total. The Balaban J connectivity index is 1.81. The number of ether oxygens (including phenoxy) is 2. The van der Waals surface area contributed by atoms with Gasteiger partial charge < -0.3 is 9.47 Å². The van der Waals surface area contributed by atoms with Gasteiger partial charge in [0, 0.05) is 22.5 Å². The minimum absolute atomic E-state index is 0.225. The highest BCUT2D eigenvalue weighted by Crippen LogP contribution is 2.58. The molecular weight excluding hydrogens is 310 g/mol. The Morgan fingerprint density at radius 1 is 1.53 bits per heavy atom. The zero-order valence-electron chi connectivity index (χ0n) is 10.6. The predicted molar refractivity (Wildman–Crippen MR) is 73.5 cm³/mol. The summed E-state index contributed by atoms with van der Waals surface area (Å²) in [6.45, 7) is 2.96. The molecule has 0 bridgehead atoms. The first-order chi connectivity index (χ1) is 9.20. The molecular formula is C14H14BrNO3. The lowest BCUT2D eigenvalue weighted by atomic mass is 9.84. The first-order valence-corrected chi connectivity index (χ1v) is 7.42. The maximum Gasteiger partial charge on any atom is 0.414 e. The number of carbonyl (C=O) groups excluding carboxylic acids is 1. The van der Waals surface area contributed by atoms with Gasteiger partial charge in [-0.05, 0) is 31.0 Å². The molecule has 1 aromatic rings. The molecule has 0 aromatic heterocycles. The molecule has 4 rings (SSSR count). The highest BCUT2D eigenvalue weighted by Gasteiger charge is 2.52. The van der Waals surface area contributed by atoms with Crippen molar-refractivity contribution in [1.29, 1.82) is 0 Å². The number of epoxide rings is 1. The number of carbonyl (C=O) groups is 1. The summed E-state index contributed by atoms with van der Waals surface area (Å²) in [6, 6.07) is 4.01. The third-order valence-electron chi connectivity index (χ3n) is 4.18. The van der Waals surface area contributed by atoms with Crippen molar-refractivity contribution >= 4 is 27.7 Å². The Bertz CT molecular complexity index is 574. The zero-order valence-corrected chi connectivity index (χ0v) is 12.1. The second-order valence-electron chi connectivity index (χ2n) is 5.23. The molecule has 0 radical (unpaired) electrons. The number of nitrogens with zero attached hydrogens (tertiary/aromatic N) is 1. The topological polar surface area (TPSA) is 42.1 Å². The van der Waals surface area contributed by atoms with Crippen molar-refractivity contribution in [3.63, 3.8) is 0 Å². The van der Waals surface area contributed by atoms with Crippen LogP contribution in [0.1, 0.15) is 36.5 Å². The van der Waals surface area contributed by atoms with Crippen molar-refractivity contribution < 1.29 is 14.3 Å². The van der Waals surface area contributed by atoms with Crippen LogP contribution in [-0.4, -0.2) is 25.3 Å². The summed E-state index contributed by atoms with van der Waals surface area (Å²) in [4.78, 5) is 13.8. The fourth-order valence-corrected chi connectivity index (χ4v) is 3.96. The molecule has 1 aliphatic carbocycles. The molecule has 19 heavy (non-hydrogen) atoms. The van der Waals surface area contributed by atoms with Crippen molar-refractivity contribution in [1.82, 2.24) is 0 Å². The Hall–Kier alpha value is -1.07. The second-order valence-corrected chi connectivity index (χ2v) is 6.09.